The molecular weight excluding hydrogens is 399 g/mol. The molecule has 0 bridgehead atoms. The van der Waals surface area contributed by atoms with Crippen molar-refractivity contribution in [3.63, 3.8) is 0 Å². The SMILES string of the molecule is C/C=c1/ccn(Cc2c(F)cc(C(=N)N3CCNCC3)cc2Cl)/c1=C/C=C\CCC. The van der Waals surface area contributed by atoms with Crippen molar-refractivity contribution in [2.45, 2.75) is 33.2 Å². The highest BCUT2D eigenvalue weighted by atomic mass is 35.5. The Hall–Kier alpha value is -2.37. The van der Waals surface area contributed by atoms with Crippen LogP contribution in [0.2, 0.25) is 5.02 Å². The normalized spacial score (nSPS) is 16.1. The van der Waals surface area contributed by atoms with Gasteiger partial charge in [-0.15, -0.1) is 0 Å². The van der Waals surface area contributed by atoms with Crippen LogP contribution in [0.5, 0.6) is 0 Å². The smallest absolute Gasteiger partial charge is 0.130 e. The maximum Gasteiger partial charge on any atom is 0.130 e. The predicted octanol–water partition coefficient (Wildman–Crippen LogP) is 3.50. The van der Waals surface area contributed by atoms with Gasteiger partial charge in [-0.05, 0) is 42.8 Å². The predicted molar refractivity (Wildman–Crippen MR) is 124 cm³/mol. The number of piperazine rings is 1. The van der Waals surface area contributed by atoms with E-state index in [2.05, 4.69) is 30.5 Å². The maximum atomic E-state index is 15.0. The highest BCUT2D eigenvalue weighted by molar-refractivity contribution is 6.31. The van der Waals surface area contributed by atoms with Gasteiger partial charge in [0.05, 0.1) is 6.54 Å². The first-order valence-corrected chi connectivity index (χ1v) is 10.9. The van der Waals surface area contributed by atoms with Crippen LogP contribution >= 0.6 is 11.6 Å². The number of halogens is 2. The van der Waals surface area contributed by atoms with Crippen molar-refractivity contribution in [2.75, 3.05) is 26.2 Å². The van der Waals surface area contributed by atoms with Gasteiger partial charge < -0.3 is 14.8 Å². The van der Waals surface area contributed by atoms with Gasteiger partial charge in [0.1, 0.15) is 11.7 Å². The second-order valence-electron chi connectivity index (χ2n) is 7.46. The van der Waals surface area contributed by atoms with Gasteiger partial charge >= 0.3 is 0 Å². The van der Waals surface area contributed by atoms with Crippen molar-refractivity contribution in [1.82, 2.24) is 14.8 Å². The second kappa shape index (κ2) is 10.6. The fourth-order valence-electron chi connectivity index (χ4n) is 3.63. The molecule has 160 valence electrons. The average Bonchev–Trinajstić information content (AvgIpc) is 3.15. The molecule has 0 aliphatic carbocycles. The fourth-order valence-corrected chi connectivity index (χ4v) is 3.90. The third-order valence-corrected chi connectivity index (χ3v) is 5.71. The summed E-state index contributed by atoms with van der Waals surface area (Å²) >= 11 is 6.49. The van der Waals surface area contributed by atoms with Crippen LogP contribution < -0.4 is 15.9 Å². The third kappa shape index (κ3) is 5.21. The molecule has 0 spiro atoms. The quantitative estimate of drug-likeness (QED) is 0.546. The Morgan fingerprint density at radius 2 is 2.07 bits per heavy atom. The molecule has 0 unspecified atom stereocenters. The molecule has 4 nitrogen and oxygen atoms in total. The number of nitrogens with one attached hydrogen (secondary N) is 2. The number of allylic oxidation sites excluding steroid dienone is 2. The summed E-state index contributed by atoms with van der Waals surface area (Å²) in [5.74, 6) is -0.0524. The molecule has 0 amide bonds. The molecule has 30 heavy (non-hydrogen) atoms. The standard InChI is InChI=1S/C24H30ClFN4/c1-3-5-6-7-8-23-18(4-2)9-12-30(23)17-20-21(25)15-19(16-22(20)26)24(27)29-13-10-28-11-14-29/h4,6-9,12,15-16,27-28H,3,5,10-11,13-14,17H2,1-2H3/b7-6-,18-4-,23-8+,27-24?. The zero-order valence-corrected chi connectivity index (χ0v) is 18.5. The van der Waals surface area contributed by atoms with Crippen molar-refractivity contribution in [3.8, 4) is 0 Å². The average molecular weight is 429 g/mol. The Bertz CT molecular complexity index is 1010. The van der Waals surface area contributed by atoms with Gasteiger partial charge in [-0.25, -0.2) is 4.39 Å². The first kappa shape index (κ1) is 22.3. The van der Waals surface area contributed by atoms with Crippen LogP contribution in [0.4, 0.5) is 4.39 Å². The lowest BCUT2D eigenvalue weighted by atomic mass is 10.1. The first-order chi connectivity index (χ1) is 14.5. The van der Waals surface area contributed by atoms with E-state index in [1.165, 1.54) is 6.07 Å². The van der Waals surface area contributed by atoms with E-state index in [0.29, 0.717) is 28.5 Å². The molecule has 1 saturated heterocycles. The molecule has 0 saturated carbocycles. The molecule has 6 heteroatoms. The summed E-state index contributed by atoms with van der Waals surface area (Å²) in [7, 11) is 0. The van der Waals surface area contributed by atoms with Crippen LogP contribution in [0.25, 0.3) is 12.2 Å². The summed E-state index contributed by atoms with van der Waals surface area (Å²) in [6, 6.07) is 5.18. The Kier molecular flexibility index (Phi) is 7.88. The number of benzene rings is 1. The van der Waals surface area contributed by atoms with E-state index in [1.54, 1.807) is 6.07 Å². The molecule has 2 N–H and O–H groups in total. The summed E-state index contributed by atoms with van der Waals surface area (Å²) in [6.07, 6.45) is 12.4. The molecule has 1 aromatic heterocycles. The topological polar surface area (TPSA) is 44.1 Å². The van der Waals surface area contributed by atoms with Crippen molar-refractivity contribution in [3.05, 3.63) is 69.1 Å². The van der Waals surface area contributed by atoms with Crippen LogP contribution in [0, 0.1) is 11.2 Å². The van der Waals surface area contributed by atoms with Crippen LogP contribution in [-0.4, -0.2) is 41.5 Å². The zero-order chi connectivity index (χ0) is 21.5. The maximum absolute atomic E-state index is 15.0. The van der Waals surface area contributed by atoms with Crippen LogP contribution in [0.1, 0.15) is 37.8 Å². The van der Waals surface area contributed by atoms with Gasteiger partial charge in [-0.3, -0.25) is 5.41 Å². The number of hydrogen-bond acceptors (Lipinski definition) is 2. The first-order valence-electron chi connectivity index (χ1n) is 10.6. The highest BCUT2D eigenvalue weighted by Gasteiger charge is 2.18. The molecule has 3 rings (SSSR count). The van der Waals surface area contributed by atoms with Gasteiger partial charge in [-0.2, -0.15) is 0 Å². The Balaban J connectivity index is 1.89. The Morgan fingerprint density at radius 1 is 1.30 bits per heavy atom. The van der Waals surface area contributed by atoms with Crippen molar-refractivity contribution in [2.24, 2.45) is 0 Å². The largest absolute Gasteiger partial charge is 0.354 e. The highest BCUT2D eigenvalue weighted by Crippen LogP contribution is 2.23. The van der Waals surface area contributed by atoms with Gasteiger partial charge in [0.15, 0.2) is 0 Å². The summed E-state index contributed by atoms with van der Waals surface area (Å²) in [6.45, 7) is 7.62. The minimum Gasteiger partial charge on any atom is -0.354 e. The van der Waals surface area contributed by atoms with E-state index in [9.17, 15) is 0 Å². The molecule has 1 aromatic carbocycles. The minimum absolute atomic E-state index is 0.322. The molecule has 2 aromatic rings. The number of rotatable bonds is 6. The number of amidine groups is 1. The second-order valence-corrected chi connectivity index (χ2v) is 7.87. The molecule has 1 fully saturated rings. The van der Waals surface area contributed by atoms with Crippen molar-refractivity contribution in [1.29, 1.82) is 5.41 Å². The fraction of sp³-hybridized carbons (Fsp3) is 0.375. The van der Waals surface area contributed by atoms with Crippen molar-refractivity contribution >= 4 is 29.6 Å². The molecule has 2 heterocycles. The Labute approximate surface area is 182 Å². The number of hydrogen-bond donors (Lipinski definition) is 2. The van der Waals surface area contributed by atoms with Crippen LogP contribution in [0.3, 0.4) is 0 Å². The van der Waals surface area contributed by atoms with E-state index >= 15 is 4.39 Å². The lowest BCUT2D eigenvalue weighted by molar-refractivity contribution is 0.356. The molecule has 1 aliphatic heterocycles. The summed E-state index contributed by atoms with van der Waals surface area (Å²) < 4.78 is 17.1. The summed E-state index contributed by atoms with van der Waals surface area (Å²) in [5.41, 5.74) is 0.964. The van der Waals surface area contributed by atoms with E-state index in [4.69, 9.17) is 17.0 Å². The van der Waals surface area contributed by atoms with Gasteiger partial charge in [0.2, 0.25) is 0 Å². The van der Waals surface area contributed by atoms with E-state index in [1.807, 2.05) is 34.7 Å². The lowest BCUT2D eigenvalue weighted by Gasteiger charge is -2.29. The molecule has 0 radical (unpaired) electrons. The monoisotopic (exact) mass is 428 g/mol. The van der Waals surface area contributed by atoms with Crippen LogP contribution in [-0.2, 0) is 6.54 Å². The third-order valence-electron chi connectivity index (χ3n) is 5.37. The summed E-state index contributed by atoms with van der Waals surface area (Å²) in [5, 5.41) is 14.2. The number of nitrogens with zero attached hydrogens (tertiary/aromatic N) is 2. The van der Waals surface area contributed by atoms with Crippen molar-refractivity contribution < 1.29 is 4.39 Å². The van der Waals surface area contributed by atoms with E-state index in [0.717, 1.165) is 49.6 Å². The van der Waals surface area contributed by atoms with E-state index in [-0.39, 0.29) is 5.82 Å². The zero-order valence-electron chi connectivity index (χ0n) is 17.7. The summed E-state index contributed by atoms with van der Waals surface area (Å²) in [4.78, 5) is 1.95. The molecule has 1 aliphatic rings. The van der Waals surface area contributed by atoms with Gasteiger partial charge in [0, 0.05) is 53.9 Å². The van der Waals surface area contributed by atoms with Gasteiger partial charge in [0.25, 0.3) is 0 Å². The van der Waals surface area contributed by atoms with Gasteiger partial charge in [-0.1, -0.05) is 43.2 Å². The lowest BCUT2D eigenvalue weighted by Crippen LogP contribution is -2.46. The molecular formula is C24H30ClFN4. The van der Waals surface area contributed by atoms with E-state index < -0.39 is 0 Å². The molecule has 0 atom stereocenters. The number of aromatic nitrogens is 1. The van der Waals surface area contributed by atoms with Crippen LogP contribution in [0.15, 0.2) is 36.5 Å². The minimum atomic E-state index is -0.374. The number of unbranched alkanes of at least 4 members (excludes halogenated alkanes) is 1. The Morgan fingerprint density at radius 3 is 2.73 bits per heavy atom.